The molecule has 39 heavy (non-hydrogen) atoms. The fourth-order valence-corrected chi connectivity index (χ4v) is 5.56. The van der Waals surface area contributed by atoms with Crippen molar-refractivity contribution in [2.45, 2.75) is 0 Å². The van der Waals surface area contributed by atoms with Crippen molar-refractivity contribution in [1.82, 2.24) is 0 Å². The molecule has 2 nitrogen and oxygen atoms in total. The SMILES string of the molecule is COc1ccc(N(c2ccc(C=Cc3ccccc3)cc2)c2ccc3ccc4cccc5ccc2c3c45)cc1. The van der Waals surface area contributed by atoms with Gasteiger partial charge in [-0.05, 0) is 80.5 Å². The van der Waals surface area contributed by atoms with Crippen molar-refractivity contribution < 1.29 is 4.74 Å². The molecule has 0 aliphatic rings. The third-order valence-corrected chi connectivity index (χ3v) is 7.50. The number of rotatable bonds is 6. The van der Waals surface area contributed by atoms with E-state index in [4.69, 9.17) is 4.74 Å². The Morgan fingerprint density at radius 1 is 0.487 bits per heavy atom. The van der Waals surface area contributed by atoms with E-state index >= 15 is 0 Å². The fraction of sp³-hybridized carbons (Fsp3) is 0.0270. The maximum absolute atomic E-state index is 5.46. The molecule has 0 spiro atoms. The first-order valence-corrected chi connectivity index (χ1v) is 13.2. The summed E-state index contributed by atoms with van der Waals surface area (Å²) >= 11 is 0. The van der Waals surface area contributed by atoms with Gasteiger partial charge in [0, 0.05) is 16.8 Å². The summed E-state index contributed by atoms with van der Waals surface area (Å²) in [5.41, 5.74) is 5.69. The van der Waals surface area contributed by atoms with Gasteiger partial charge in [-0.25, -0.2) is 0 Å². The number of benzene rings is 7. The van der Waals surface area contributed by atoms with Crippen molar-refractivity contribution >= 4 is 61.5 Å². The van der Waals surface area contributed by atoms with Gasteiger partial charge in [-0.1, -0.05) is 103 Å². The van der Waals surface area contributed by atoms with Crippen LogP contribution in [0.25, 0.3) is 44.5 Å². The normalized spacial score (nSPS) is 11.6. The lowest BCUT2D eigenvalue weighted by molar-refractivity contribution is 0.415. The second-order valence-corrected chi connectivity index (χ2v) is 9.81. The van der Waals surface area contributed by atoms with Crippen molar-refractivity contribution in [2.75, 3.05) is 12.0 Å². The summed E-state index contributed by atoms with van der Waals surface area (Å²) in [6.45, 7) is 0. The highest BCUT2D eigenvalue weighted by Crippen LogP contribution is 2.44. The Kier molecular flexibility index (Phi) is 5.71. The van der Waals surface area contributed by atoms with Crippen LogP contribution >= 0.6 is 0 Å². The average Bonchev–Trinajstić information content (AvgIpc) is 3.01. The fourth-order valence-electron chi connectivity index (χ4n) is 5.56. The quantitative estimate of drug-likeness (QED) is 0.166. The van der Waals surface area contributed by atoms with Crippen LogP contribution in [0.15, 0.2) is 133 Å². The van der Waals surface area contributed by atoms with Gasteiger partial charge in [0.1, 0.15) is 5.75 Å². The molecule has 7 rings (SSSR count). The average molecular weight is 502 g/mol. The molecule has 0 heterocycles. The predicted molar refractivity (Wildman–Crippen MR) is 167 cm³/mol. The number of hydrogen-bond acceptors (Lipinski definition) is 2. The topological polar surface area (TPSA) is 12.5 Å². The molecule has 2 heteroatoms. The summed E-state index contributed by atoms with van der Waals surface area (Å²) in [4.78, 5) is 2.34. The molecule has 0 atom stereocenters. The zero-order valence-electron chi connectivity index (χ0n) is 21.7. The van der Waals surface area contributed by atoms with Crippen LogP contribution in [0.2, 0.25) is 0 Å². The highest BCUT2D eigenvalue weighted by Gasteiger charge is 2.18. The van der Waals surface area contributed by atoms with E-state index in [1.54, 1.807) is 7.11 Å². The Morgan fingerprint density at radius 2 is 1.05 bits per heavy atom. The molecule has 0 bridgehead atoms. The van der Waals surface area contributed by atoms with Crippen LogP contribution in [-0.4, -0.2) is 7.11 Å². The standard InChI is InChI=1S/C37H27NO/c1-39-33-22-20-32(21-23-33)38(31-18-12-27(13-19-31)11-10-26-6-3-2-4-7-26)35-25-17-30-15-14-28-8-5-9-29-16-24-34(35)37(30)36(28)29/h2-25H,1H3. The largest absolute Gasteiger partial charge is 0.497 e. The molecule has 0 radical (unpaired) electrons. The van der Waals surface area contributed by atoms with Gasteiger partial charge >= 0.3 is 0 Å². The van der Waals surface area contributed by atoms with Gasteiger partial charge < -0.3 is 9.64 Å². The van der Waals surface area contributed by atoms with E-state index in [0.717, 1.165) is 28.4 Å². The molecule has 0 N–H and O–H groups in total. The zero-order chi connectivity index (χ0) is 26.2. The molecule has 0 amide bonds. The van der Waals surface area contributed by atoms with Crippen LogP contribution in [0, 0.1) is 0 Å². The molecular formula is C37H27NO. The van der Waals surface area contributed by atoms with E-state index < -0.39 is 0 Å². The second kappa shape index (κ2) is 9.66. The molecule has 186 valence electrons. The van der Waals surface area contributed by atoms with Crippen molar-refractivity contribution in [3.05, 3.63) is 145 Å². The molecule has 0 aromatic heterocycles. The molecule has 7 aromatic carbocycles. The highest BCUT2D eigenvalue weighted by atomic mass is 16.5. The van der Waals surface area contributed by atoms with Gasteiger partial charge in [0.2, 0.25) is 0 Å². The molecule has 0 saturated carbocycles. The maximum Gasteiger partial charge on any atom is 0.119 e. The van der Waals surface area contributed by atoms with Gasteiger partial charge in [-0.2, -0.15) is 0 Å². The lowest BCUT2D eigenvalue weighted by Crippen LogP contribution is -2.10. The molecule has 0 unspecified atom stereocenters. The first kappa shape index (κ1) is 23.1. The second-order valence-electron chi connectivity index (χ2n) is 9.81. The van der Waals surface area contributed by atoms with Gasteiger partial charge in [0.05, 0.1) is 12.8 Å². The third kappa shape index (κ3) is 4.17. The van der Waals surface area contributed by atoms with Crippen LogP contribution < -0.4 is 9.64 Å². The van der Waals surface area contributed by atoms with Crippen LogP contribution in [0.3, 0.4) is 0 Å². The van der Waals surface area contributed by atoms with Crippen LogP contribution in [-0.2, 0) is 0 Å². The Labute approximate surface area is 228 Å². The van der Waals surface area contributed by atoms with E-state index in [0.29, 0.717) is 0 Å². The first-order chi connectivity index (χ1) is 19.3. The van der Waals surface area contributed by atoms with Crippen molar-refractivity contribution in [3.8, 4) is 5.75 Å². The van der Waals surface area contributed by atoms with Crippen LogP contribution in [0.5, 0.6) is 5.75 Å². The zero-order valence-corrected chi connectivity index (χ0v) is 21.7. The summed E-state index contributed by atoms with van der Waals surface area (Å²) in [7, 11) is 1.70. The van der Waals surface area contributed by atoms with E-state index in [9.17, 15) is 0 Å². The van der Waals surface area contributed by atoms with Gasteiger partial charge in [0.15, 0.2) is 0 Å². The molecule has 0 aliphatic heterocycles. The van der Waals surface area contributed by atoms with E-state index in [1.807, 2.05) is 18.2 Å². The van der Waals surface area contributed by atoms with E-state index in [2.05, 4.69) is 132 Å². The first-order valence-electron chi connectivity index (χ1n) is 13.2. The number of methoxy groups -OCH3 is 1. The Hall–Kier alpha value is -5.08. The van der Waals surface area contributed by atoms with Crippen molar-refractivity contribution in [3.63, 3.8) is 0 Å². The maximum atomic E-state index is 5.46. The lowest BCUT2D eigenvalue weighted by atomic mass is 9.93. The predicted octanol–water partition coefficient (Wildman–Crippen LogP) is 10.2. The molecule has 0 fully saturated rings. The van der Waals surface area contributed by atoms with Crippen molar-refractivity contribution in [1.29, 1.82) is 0 Å². The van der Waals surface area contributed by atoms with E-state index in [1.165, 1.54) is 37.9 Å². The molecular weight excluding hydrogens is 474 g/mol. The number of ether oxygens (including phenoxy) is 1. The number of anilines is 3. The number of nitrogens with zero attached hydrogens (tertiary/aromatic N) is 1. The van der Waals surface area contributed by atoms with Gasteiger partial charge in [-0.3, -0.25) is 0 Å². The van der Waals surface area contributed by atoms with Crippen molar-refractivity contribution in [2.24, 2.45) is 0 Å². The smallest absolute Gasteiger partial charge is 0.119 e. The molecule has 7 aromatic rings. The Bertz CT molecular complexity index is 1900. The minimum Gasteiger partial charge on any atom is -0.497 e. The highest BCUT2D eigenvalue weighted by molar-refractivity contribution is 6.25. The third-order valence-electron chi connectivity index (χ3n) is 7.50. The lowest BCUT2D eigenvalue weighted by Gasteiger charge is -2.28. The van der Waals surface area contributed by atoms with Crippen LogP contribution in [0.1, 0.15) is 11.1 Å². The summed E-state index contributed by atoms with van der Waals surface area (Å²) < 4.78 is 5.46. The summed E-state index contributed by atoms with van der Waals surface area (Å²) in [5, 5.41) is 7.67. The van der Waals surface area contributed by atoms with Crippen LogP contribution in [0.4, 0.5) is 17.1 Å². The Balaban J connectivity index is 1.38. The summed E-state index contributed by atoms with van der Waals surface area (Å²) in [5.74, 6) is 0.843. The van der Waals surface area contributed by atoms with E-state index in [-0.39, 0.29) is 0 Å². The molecule has 0 aliphatic carbocycles. The van der Waals surface area contributed by atoms with Gasteiger partial charge in [-0.15, -0.1) is 0 Å². The Morgan fingerprint density at radius 3 is 1.72 bits per heavy atom. The summed E-state index contributed by atoms with van der Waals surface area (Å²) in [6, 6.07) is 47.5. The minimum absolute atomic E-state index is 0.843. The summed E-state index contributed by atoms with van der Waals surface area (Å²) in [6.07, 6.45) is 4.31. The number of hydrogen-bond donors (Lipinski definition) is 0. The monoisotopic (exact) mass is 501 g/mol. The molecule has 0 saturated heterocycles. The van der Waals surface area contributed by atoms with Gasteiger partial charge in [0.25, 0.3) is 0 Å². The minimum atomic E-state index is 0.843.